The first-order valence-electron chi connectivity index (χ1n) is 7.70. The smallest absolute Gasteiger partial charge is 0.237 e. The quantitative estimate of drug-likeness (QED) is 0.695. The summed E-state index contributed by atoms with van der Waals surface area (Å²) >= 11 is 9.22. The van der Waals surface area contributed by atoms with E-state index in [1.165, 1.54) is 0 Å². The molecule has 1 heterocycles. The molecule has 4 nitrogen and oxygen atoms in total. The van der Waals surface area contributed by atoms with Crippen molar-refractivity contribution in [1.29, 1.82) is 0 Å². The lowest BCUT2D eigenvalue weighted by atomic mass is 10.1. The zero-order valence-corrected chi connectivity index (χ0v) is 17.6. The van der Waals surface area contributed by atoms with E-state index < -0.39 is 6.04 Å². The number of nitrogens with zero attached hydrogens (tertiary/aromatic N) is 1. The van der Waals surface area contributed by atoms with Gasteiger partial charge < -0.3 is 11.1 Å². The summed E-state index contributed by atoms with van der Waals surface area (Å²) in [5.41, 5.74) is 7.87. The number of hydrogen-bond donors (Lipinski definition) is 2. The van der Waals surface area contributed by atoms with Gasteiger partial charge in [-0.2, -0.15) is 11.8 Å². The zero-order valence-electron chi connectivity index (χ0n) is 14.4. The Bertz CT molecular complexity index is 692. The molecule has 2 atom stereocenters. The first-order chi connectivity index (χ1) is 11.4. The minimum absolute atomic E-state index is 0. The third-order valence-electron chi connectivity index (χ3n) is 3.63. The minimum Gasteiger partial charge on any atom is -0.346 e. The van der Waals surface area contributed by atoms with Gasteiger partial charge in [0.05, 0.1) is 17.8 Å². The molecule has 8 heteroatoms. The largest absolute Gasteiger partial charge is 0.346 e. The number of aromatic nitrogens is 1. The highest BCUT2D eigenvalue weighted by Gasteiger charge is 2.20. The molecular weight excluding hydrogens is 397 g/mol. The van der Waals surface area contributed by atoms with Crippen LogP contribution in [0.2, 0.25) is 5.02 Å². The van der Waals surface area contributed by atoms with Crippen LogP contribution >= 0.6 is 47.1 Å². The maximum atomic E-state index is 12.1. The Morgan fingerprint density at radius 2 is 2.04 bits per heavy atom. The third kappa shape index (κ3) is 6.15. The van der Waals surface area contributed by atoms with Crippen molar-refractivity contribution in [3.8, 4) is 11.3 Å². The second-order valence-electron chi connectivity index (χ2n) is 5.58. The van der Waals surface area contributed by atoms with Crippen molar-refractivity contribution in [2.24, 2.45) is 5.73 Å². The van der Waals surface area contributed by atoms with Crippen LogP contribution in [0.25, 0.3) is 11.3 Å². The van der Waals surface area contributed by atoms with Crippen LogP contribution in [0.5, 0.6) is 0 Å². The molecule has 0 saturated carbocycles. The number of carbonyl (C=O) groups is 1. The molecule has 0 radical (unpaired) electrons. The lowest BCUT2D eigenvalue weighted by Crippen LogP contribution is -2.41. The Balaban J connectivity index is 0.00000312. The fraction of sp³-hybridized carbons (Fsp3) is 0.412. The molecule has 1 aromatic heterocycles. The zero-order chi connectivity index (χ0) is 17.7. The molecule has 1 unspecified atom stereocenters. The van der Waals surface area contributed by atoms with Crippen LogP contribution in [-0.4, -0.2) is 28.9 Å². The summed E-state index contributed by atoms with van der Waals surface area (Å²) in [6, 6.07) is 6.97. The topological polar surface area (TPSA) is 68.0 Å². The molecule has 3 N–H and O–H groups in total. The predicted molar refractivity (Wildman–Crippen MR) is 112 cm³/mol. The van der Waals surface area contributed by atoms with Crippen molar-refractivity contribution in [1.82, 2.24) is 10.3 Å². The molecule has 0 fully saturated rings. The van der Waals surface area contributed by atoms with E-state index in [2.05, 4.69) is 5.32 Å². The molecule has 0 saturated heterocycles. The number of nitrogens with two attached hydrogens (primary N) is 1. The molecule has 25 heavy (non-hydrogen) atoms. The highest BCUT2D eigenvalue weighted by molar-refractivity contribution is 7.98. The summed E-state index contributed by atoms with van der Waals surface area (Å²) in [5.74, 6) is 0.748. The van der Waals surface area contributed by atoms with Crippen LogP contribution in [0.15, 0.2) is 24.3 Å². The molecule has 0 bridgehead atoms. The van der Waals surface area contributed by atoms with Gasteiger partial charge in [0.15, 0.2) is 0 Å². The molecule has 138 valence electrons. The molecule has 0 aliphatic carbocycles. The third-order valence-corrected chi connectivity index (χ3v) is 5.68. The van der Waals surface area contributed by atoms with Crippen LogP contribution in [0, 0.1) is 6.92 Å². The van der Waals surface area contributed by atoms with Crippen LogP contribution in [-0.2, 0) is 4.79 Å². The molecule has 2 aromatic rings. The SMILES string of the molecule is CSCC[C@H](N)C(=O)NC(C)c1nc(-c2ccc(Cl)cc2)c(C)s1.Cl. The summed E-state index contributed by atoms with van der Waals surface area (Å²) in [7, 11) is 0. The maximum absolute atomic E-state index is 12.1. The molecule has 2 rings (SSSR count). The number of amides is 1. The first-order valence-corrected chi connectivity index (χ1v) is 10.3. The van der Waals surface area contributed by atoms with E-state index in [1.807, 2.05) is 44.4 Å². The van der Waals surface area contributed by atoms with E-state index in [1.54, 1.807) is 23.1 Å². The maximum Gasteiger partial charge on any atom is 0.237 e. The van der Waals surface area contributed by atoms with Gasteiger partial charge in [0.1, 0.15) is 5.01 Å². The van der Waals surface area contributed by atoms with Crippen molar-refractivity contribution >= 4 is 53.0 Å². The normalized spacial score (nSPS) is 13.0. The lowest BCUT2D eigenvalue weighted by Gasteiger charge is -2.15. The van der Waals surface area contributed by atoms with Gasteiger partial charge in [-0.15, -0.1) is 23.7 Å². The number of halogens is 2. The summed E-state index contributed by atoms with van der Waals surface area (Å²) in [5, 5.41) is 4.54. The van der Waals surface area contributed by atoms with Crippen LogP contribution in [0.4, 0.5) is 0 Å². The highest BCUT2D eigenvalue weighted by Crippen LogP contribution is 2.31. The van der Waals surface area contributed by atoms with E-state index in [9.17, 15) is 4.79 Å². The van der Waals surface area contributed by atoms with Crippen LogP contribution in [0.3, 0.4) is 0 Å². The van der Waals surface area contributed by atoms with Gasteiger partial charge in [-0.05, 0) is 44.4 Å². The average Bonchev–Trinajstić information content (AvgIpc) is 2.95. The number of hydrogen-bond acceptors (Lipinski definition) is 5. The molecule has 0 aliphatic rings. The van der Waals surface area contributed by atoms with Crippen LogP contribution in [0.1, 0.15) is 29.3 Å². The van der Waals surface area contributed by atoms with Gasteiger partial charge >= 0.3 is 0 Å². The number of thiazole rings is 1. The second-order valence-corrected chi connectivity index (χ2v) is 8.24. The Morgan fingerprint density at radius 3 is 2.64 bits per heavy atom. The van der Waals surface area contributed by atoms with E-state index >= 15 is 0 Å². The standard InChI is InChI=1S/C17H22ClN3OS2.ClH/c1-10(20-16(22)14(19)8-9-23-3)17-21-15(11(2)24-17)12-4-6-13(18)7-5-12;/h4-7,10,14H,8-9,19H2,1-3H3,(H,20,22);1H/t10?,14-;/m0./s1. The molecule has 1 amide bonds. The summed E-state index contributed by atoms with van der Waals surface area (Å²) in [6.07, 6.45) is 2.68. The van der Waals surface area contributed by atoms with E-state index in [0.29, 0.717) is 11.4 Å². The Hall–Kier alpha value is -0.790. The fourth-order valence-corrected chi connectivity index (χ4v) is 3.80. The number of rotatable bonds is 7. The van der Waals surface area contributed by atoms with Gasteiger partial charge in [0, 0.05) is 15.5 Å². The number of nitrogens with one attached hydrogen (secondary N) is 1. The summed E-state index contributed by atoms with van der Waals surface area (Å²) in [6.45, 7) is 3.97. The number of aryl methyl sites for hydroxylation is 1. The average molecular weight is 420 g/mol. The number of benzene rings is 1. The van der Waals surface area contributed by atoms with Gasteiger partial charge in [-0.1, -0.05) is 23.7 Å². The minimum atomic E-state index is -0.475. The number of thioether (sulfide) groups is 1. The van der Waals surface area contributed by atoms with E-state index in [4.69, 9.17) is 22.3 Å². The Labute approximate surface area is 168 Å². The fourth-order valence-electron chi connectivity index (χ4n) is 2.24. The Kier molecular flexibility index (Phi) is 9.24. The van der Waals surface area contributed by atoms with Crippen molar-refractivity contribution in [2.45, 2.75) is 32.4 Å². The van der Waals surface area contributed by atoms with Gasteiger partial charge in [-0.3, -0.25) is 4.79 Å². The molecule has 0 aliphatic heterocycles. The summed E-state index contributed by atoms with van der Waals surface area (Å²) in [4.78, 5) is 18.0. The van der Waals surface area contributed by atoms with Crippen molar-refractivity contribution in [2.75, 3.05) is 12.0 Å². The van der Waals surface area contributed by atoms with Crippen molar-refractivity contribution in [3.05, 3.63) is 39.2 Å². The van der Waals surface area contributed by atoms with Gasteiger partial charge in [0.25, 0.3) is 0 Å². The van der Waals surface area contributed by atoms with Gasteiger partial charge in [0.2, 0.25) is 5.91 Å². The summed E-state index contributed by atoms with van der Waals surface area (Å²) < 4.78 is 0. The lowest BCUT2D eigenvalue weighted by molar-refractivity contribution is -0.123. The molecule has 1 aromatic carbocycles. The van der Waals surface area contributed by atoms with E-state index in [-0.39, 0.29) is 24.4 Å². The molecule has 0 spiro atoms. The number of carbonyl (C=O) groups excluding carboxylic acids is 1. The first kappa shape index (κ1) is 22.3. The highest BCUT2D eigenvalue weighted by atomic mass is 35.5. The van der Waals surface area contributed by atoms with Gasteiger partial charge in [-0.25, -0.2) is 4.98 Å². The molecular formula is C17H23Cl2N3OS2. The van der Waals surface area contributed by atoms with Crippen LogP contribution < -0.4 is 11.1 Å². The second kappa shape index (κ2) is 10.4. The monoisotopic (exact) mass is 419 g/mol. The van der Waals surface area contributed by atoms with Crippen molar-refractivity contribution < 1.29 is 4.79 Å². The predicted octanol–water partition coefficient (Wildman–Crippen LogP) is 4.45. The Morgan fingerprint density at radius 1 is 1.40 bits per heavy atom. The van der Waals surface area contributed by atoms with E-state index in [0.717, 1.165) is 26.9 Å². The van der Waals surface area contributed by atoms with Crippen molar-refractivity contribution in [3.63, 3.8) is 0 Å².